The summed E-state index contributed by atoms with van der Waals surface area (Å²) in [5.41, 5.74) is 0. The highest BCUT2D eigenvalue weighted by Gasteiger charge is 2.11. The smallest absolute Gasteiger partial charge is 0.0622 e. The summed E-state index contributed by atoms with van der Waals surface area (Å²) < 4.78 is 5.32. The summed E-state index contributed by atoms with van der Waals surface area (Å²) >= 11 is 0. The summed E-state index contributed by atoms with van der Waals surface area (Å²) in [6.45, 7) is 8.45. The minimum Gasteiger partial charge on any atom is -0.380 e. The summed E-state index contributed by atoms with van der Waals surface area (Å²) in [6.07, 6.45) is 5.15. The van der Waals surface area contributed by atoms with Crippen LogP contribution in [0.25, 0.3) is 0 Å². The van der Waals surface area contributed by atoms with Crippen molar-refractivity contribution in [1.29, 1.82) is 0 Å². The summed E-state index contributed by atoms with van der Waals surface area (Å²) in [5, 5.41) is 3.24. The normalized spacial score (nSPS) is 12.9. The molecule has 2 nitrogen and oxygen atoms in total. The first-order chi connectivity index (χ1) is 5.72. The average molecular weight is 169 g/mol. The van der Waals surface area contributed by atoms with Crippen molar-refractivity contribution in [3.8, 4) is 12.3 Å². The van der Waals surface area contributed by atoms with E-state index in [2.05, 4.69) is 25.1 Å². The van der Waals surface area contributed by atoms with E-state index in [-0.39, 0.29) is 0 Å². The number of nitrogens with one attached hydrogen (secondary N) is 1. The zero-order valence-electron chi connectivity index (χ0n) is 8.26. The molecule has 1 atom stereocenters. The van der Waals surface area contributed by atoms with Crippen LogP contribution in [-0.4, -0.2) is 25.8 Å². The second-order valence-corrected chi connectivity index (χ2v) is 3.10. The highest BCUT2D eigenvalue weighted by molar-refractivity contribution is 4.88. The van der Waals surface area contributed by atoms with Crippen molar-refractivity contribution in [3.05, 3.63) is 0 Å². The second kappa shape index (κ2) is 7.15. The van der Waals surface area contributed by atoms with Crippen molar-refractivity contribution < 1.29 is 4.74 Å². The van der Waals surface area contributed by atoms with Gasteiger partial charge in [0.15, 0.2) is 0 Å². The van der Waals surface area contributed by atoms with Crippen molar-refractivity contribution in [2.75, 3.05) is 19.8 Å². The van der Waals surface area contributed by atoms with Gasteiger partial charge in [0.05, 0.1) is 13.2 Å². The highest BCUT2D eigenvalue weighted by atomic mass is 16.5. The van der Waals surface area contributed by atoms with Crippen molar-refractivity contribution in [2.24, 2.45) is 5.92 Å². The lowest BCUT2D eigenvalue weighted by atomic mass is 10.1. The van der Waals surface area contributed by atoms with Gasteiger partial charge in [-0.15, -0.1) is 6.42 Å². The molecule has 0 radical (unpaired) electrons. The maximum atomic E-state index is 5.32. The van der Waals surface area contributed by atoms with Crippen molar-refractivity contribution >= 4 is 0 Å². The van der Waals surface area contributed by atoms with Crippen LogP contribution in [-0.2, 0) is 4.74 Å². The van der Waals surface area contributed by atoms with Gasteiger partial charge in [0.2, 0.25) is 0 Å². The van der Waals surface area contributed by atoms with Crippen molar-refractivity contribution in [2.45, 2.75) is 26.8 Å². The van der Waals surface area contributed by atoms with Crippen molar-refractivity contribution in [1.82, 2.24) is 5.32 Å². The molecular formula is C10H19NO. The molecule has 0 aliphatic carbocycles. The topological polar surface area (TPSA) is 21.3 Å². The Morgan fingerprint density at radius 2 is 2.17 bits per heavy atom. The predicted molar refractivity (Wildman–Crippen MR) is 52.0 cm³/mol. The fourth-order valence-corrected chi connectivity index (χ4v) is 0.922. The monoisotopic (exact) mass is 169 g/mol. The van der Waals surface area contributed by atoms with E-state index >= 15 is 0 Å². The van der Waals surface area contributed by atoms with Gasteiger partial charge in [-0.25, -0.2) is 0 Å². The van der Waals surface area contributed by atoms with Crippen LogP contribution in [0.2, 0.25) is 0 Å². The van der Waals surface area contributed by atoms with E-state index < -0.39 is 0 Å². The molecule has 0 fully saturated rings. The summed E-state index contributed by atoms with van der Waals surface area (Å²) in [5.74, 6) is 3.12. The molecule has 0 aliphatic rings. The Morgan fingerprint density at radius 3 is 2.58 bits per heavy atom. The molecule has 0 amide bonds. The lowest BCUT2D eigenvalue weighted by molar-refractivity contribution is 0.110. The molecule has 0 aromatic heterocycles. The number of hydrogen-bond acceptors (Lipinski definition) is 2. The van der Waals surface area contributed by atoms with Gasteiger partial charge in [0.1, 0.15) is 0 Å². The highest BCUT2D eigenvalue weighted by Crippen LogP contribution is 2.01. The standard InChI is InChI=1S/C10H19NO/c1-5-7-11-10(9(3)4)8-12-6-2/h1,9-11H,6-8H2,2-4H3. The molecule has 0 heterocycles. The van der Waals surface area contributed by atoms with Gasteiger partial charge in [0, 0.05) is 12.6 Å². The quantitative estimate of drug-likeness (QED) is 0.605. The molecule has 0 aliphatic heterocycles. The first-order valence-electron chi connectivity index (χ1n) is 4.47. The molecule has 0 bridgehead atoms. The zero-order valence-corrected chi connectivity index (χ0v) is 8.26. The van der Waals surface area contributed by atoms with Crippen LogP contribution in [0.5, 0.6) is 0 Å². The summed E-state index contributed by atoms with van der Waals surface area (Å²) in [7, 11) is 0. The molecule has 0 spiro atoms. The Bertz CT molecular complexity index is 137. The van der Waals surface area contributed by atoms with Crippen LogP contribution in [0.4, 0.5) is 0 Å². The Labute approximate surface area is 75.7 Å². The molecular weight excluding hydrogens is 150 g/mol. The van der Waals surface area contributed by atoms with Gasteiger partial charge >= 0.3 is 0 Å². The Balaban J connectivity index is 3.64. The van der Waals surface area contributed by atoms with Crippen LogP contribution in [0, 0.1) is 18.3 Å². The molecule has 1 N–H and O–H groups in total. The number of ether oxygens (including phenoxy) is 1. The van der Waals surface area contributed by atoms with E-state index in [1.54, 1.807) is 0 Å². The lowest BCUT2D eigenvalue weighted by Gasteiger charge is -2.20. The van der Waals surface area contributed by atoms with Gasteiger partial charge in [-0.2, -0.15) is 0 Å². The van der Waals surface area contributed by atoms with Crippen LogP contribution in [0.15, 0.2) is 0 Å². The number of terminal acetylenes is 1. The minimum atomic E-state index is 0.376. The molecule has 70 valence electrons. The summed E-state index contributed by atoms with van der Waals surface area (Å²) in [6, 6.07) is 0.376. The fourth-order valence-electron chi connectivity index (χ4n) is 0.922. The first-order valence-corrected chi connectivity index (χ1v) is 4.47. The summed E-state index contributed by atoms with van der Waals surface area (Å²) in [4.78, 5) is 0. The zero-order chi connectivity index (χ0) is 9.40. The average Bonchev–Trinajstić information content (AvgIpc) is 2.04. The molecule has 0 saturated heterocycles. The number of rotatable bonds is 6. The van der Waals surface area contributed by atoms with E-state index in [0.29, 0.717) is 18.5 Å². The van der Waals surface area contributed by atoms with Crippen LogP contribution in [0.1, 0.15) is 20.8 Å². The van der Waals surface area contributed by atoms with Crippen LogP contribution < -0.4 is 5.32 Å². The van der Waals surface area contributed by atoms with Crippen LogP contribution >= 0.6 is 0 Å². The first kappa shape index (κ1) is 11.5. The molecule has 1 unspecified atom stereocenters. The lowest BCUT2D eigenvalue weighted by Crippen LogP contribution is -2.38. The van der Waals surface area contributed by atoms with Gasteiger partial charge in [-0.1, -0.05) is 19.8 Å². The number of hydrogen-bond donors (Lipinski definition) is 1. The van der Waals surface area contributed by atoms with Gasteiger partial charge in [-0.3, -0.25) is 0 Å². The van der Waals surface area contributed by atoms with E-state index in [1.165, 1.54) is 0 Å². The van der Waals surface area contributed by atoms with Gasteiger partial charge < -0.3 is 10.1 Å². The Morgan fingerprint density at radius 1 is 1.50 bits per heavy atom. The molecule has 12 heavy (non-hydrogen) atoms. The Hall–Kier alpha value is -0.520. The van der Waals surface area contributed by atoms with E-state index in [4.69, 9.17) is 11.2 Å². The molecule has 2 heteroatoms. The van der Waals surface area contributed by atoms with Gasteiger partial charge in [0.25, 0.3) is 0 Å². The third-order valence-corrected chi connectivity index (χ3v) is 1.77. The molecule has 0 saturated carbocycles. The largest absolute Gasteiger partial charge is 0.380 e. The SMILES string of the molecule is C#CCNC(COCC)C(C)C. The van der Waals surface area contributed by atoms with E-state index in [1.807, 2.05) is 6.92 Å². The molecule has 0 aromatic carbocycles. The third kappa shape index (κ3) is 5.17. The maximum Gasteiger partial charge on any atom is 0.0622 e. The van der Waals surface area contributed by atoms with Crippen LogP contribution in [0.3, 0.4) is 0 Å². The van der Waals surface area contributed by atoms with E-state index in [0.717, 1.165) is 13.2 Å². The molecule has 0 rings (SSSR count). The molecule has 0 aromatic rings. The second-order valence-electron chi connectivity index (χ2n) is 3.10. The van der Waals surface area contributed by atoms with Gasteiger partial charge in [-0.05, 0) is 12.8 Å². The van der Waals surface area contributed by atoms with Crippen molar-refractivity contribution in [3.63, 3.8) is 0 Å². The third-order valence-electron chi connectivity index (χ3n) is 1.77. The maximum absolute atomic E-state index is 5.32. The fraction of sp³-hybridized carbons (Fsp3) is 0.800. The Kier molecular flexibility index (Phi) is 6.84. The van der Waals surface area contributed by atoms with E-state index in [9.17, 15) is 0 Å². The predicted octanol–water partition coefficient (Wildman–Crippen LogP) is 1.27. The minimum absolute atomic E-state index is 0.376.